The van der Waals surface area contributed by atoms with Crippen LogP contribution in [0.3, 0.4) is 0 Å². The average Bonchev–Trinajstić information content (AvgIpc) is 3.01. The van der Waals surface area contributed by atoms with Crippen molar-refractivity contribution in [2.75, 3.05) is 5.32 Å². The van der Waals surface area contributed by atoms with E-state index in [4.69, 9.17) is 4.74 Å². The monoisotopic (exact) mass is 349 g/mol. The standard InChI is InChI=1S/C21H23N3O2/c1-15-11-16(2)13-19(12-15)26-17(3)21(25)23-20-9-10-22-24(20)14-18-7-5-4-6-8-18/h4-13,17H,14H2,1-3H3,(H,23,25)/t17-/m0/s1. The maximum absolute atomic E-state index is 12.5. The van der Waals surface area contributed by atoms with Crippen LogP contribution in [0.2, 0.25) is 0 Å². The normalized spacial score (nSPS) is 11.8. The first kappa shape index (κ1) is 17.7. The predicted molar refractivity (Wildman–Crippen MR) is 102 cm³/mol. The topological polar surface area (TPSA) is 56.1 Å². The van der Waals surface area contributed by atoms with Crippen LogP contribution in [0.25, 0.3) is 0 Å². The van der Waals surface area contributed by atoms with E-state index in [1.807, 2.05) is 56.3 Å². The molecule has 0 aliphatic carbocycles. The van der Waals surface area contributed by atoms with Gasteiger partial charge in [-0.05, 0) is 49.6 Å². The summed E-state index contributed by atoms with van der Waals surface area (Å²) in [5, 5.41) is 7.19. The first-order valence-electron chi connectivity index (χ1n) is 8.63. The van der Waals surface area contributed by atoms with Crippen LogP contribution in [0, 0.1) is 13.8 Å². The molecular formula is C21H23N3O2. The quantitative estimate of drug-likeness (QED) is 0.733. The summed E-state index contributed by atoms with van der Waals surface area (Å²) in [6.45, 7) is 6.35. The lowest BCUT2D eigenvalue weighted by molar-refractivity contribution is -0.122. The molecule has 5 nitrogen and oxygen atoms in total. The Labute approximate surface area is 153 Å². The molecule has 0 radical (unpaired) electrons. The van der Waals surface area contributed by atoms with Crippen LogP contribution in [-0.2, 0) is 11.3 Å². The van der Waals surface area contributed by atoms with Crippen LogP contribution >= 0.6 is 0 Å². The van der Waals surface area contributed by atoms with E-state index in [0.29, 0.717) is 18.1 Å². The van der Waals surface area contributed by atoms with Crippen molar-refractivity contribution in [2.24, 2.45) is 0 Å². The predicted octanol–water partition coefficient (Wildman–Crippen LogP) is 3.95. The molecule has 0 unspecified atom stereocenters. The zero-order valence-electron chi connectivity index (χ0n) is 15.3. The Morgan fingerprint density at radius 1 is 1.12 bits per heavy atom. The fourth-order valence-electron chi connectivity index (χ4n) is 2.81. The second kappa shape index (κ2) is 7.87. The third kappa shape index (κ3) is 4.51. The molecule has 1 N–H and O–H groups in total. The van der Waals surface area contributed by atoms with E-state index >= 15 is 0 Å². The number of nitrogens with zero attached hydrogens (tertiary/aromatic N) is 2. The van der Waals surface area contributed by atoms with Gasteiger partial charge in [-0.3, -0.25) is 4.79 Å². The Morgan fingerprint density at radius 3 is 2.50 bits per heavy atom. The summed E-state index contributed by atoms with van der Waals surface area (Å²) in [5.74, 6) is 1.14. The summed E-state index contributed by atoms with van der Waals surface area (Å²) in [4.78, 5) is 12.5. The number of aryl methyl sites for hydroxylation is 2. The molecule has 0 aliphatic heterocycles. The number of hydrogen-bond donors (Lipinski definition) is 1. The molecule has 5 heteroatoms. The Hall–Kier alpha value is -3.08. The van der Waals surface area contributed by atoms with Crippen LogP contribution in [0.4, 0.5) is 5.82 Å². The number of hydrogen-bond acceptors (Lipinski definition) is 3. The molecule has 0 aliphatic rings. The molecule has 3 aromatic rings. The van der Waals surface area contributed by atoms with E-state index < -0.39 is 6.10 Å². The van der Waals surface area contributed by atoms with Gasteiger partial charge in [-0.15, -0.1) is 0 Å². The summed E-state index contributed by atoms with van der Waals surface area (Å²) in [6, 6.07) is 17.7. The third-order valence-electron chi connectivity index (χ3n) is 4.02. The van der Waals surface area contributed by atoms with Crippen molar-refractivity contribution in [2.45, 2.75) is 33.4 Å². The summed E-state index contributed by atoms with van der Waals surface area (Å²) >= 11 is 0. The number of carbonyl (C=O) groups excluding carboxylic acids is 1. The third-order valence-corrected chi connectivity index (χ3v) is 4.02. The fourth-order valence-corrected chi connectivity index (χ4v) is 2.81. The average molecular weight is 349 g/mol. The van der Waals surface area contributed by atoms with Crippen molar-refractivity contribution >= 4 is 11.7 Å². The second-order valence-electron chi connectivity index (χ2n) is 6.43. The van der Waals surface area contributed by atoms with Gasteiger partial charge in [0.25, 0.3) is 5.91 Å². The molecule has 0 fully saturated rings. The molecule has 0 saturated heterocycles. The summed E-state index contributed by atoms with van der Waals surface area (Å²) in [5.41, 5.74) is 3.33. The Bertz CT molecular complexity index is 867. The highest BCUT2D eigenvalue weighted by atomic mass is 16.5. The van der Waals surface area contributed by atoms with Gasteiger partial charge in [0.05, 0.1) is 12.7 Å². The van der Waals surface area contributed by atoms with E-state index in [-0.39, 0.29) is 5.91 Å². The first-order valence-corrected chi connectivity index (χ1v) is 8.63. The first-order chi connectivity index (χ1) is 12.5. The van der Waals surface area contributed by atoms with Crippen molar-refractivity contribution in [3.05, 3.63) is 77.5 Å². The minimum absolute atomic E-state index is 0.209. The smallest absolute Gasteiger partial charge is 0.266 e. The fraction of sp³-hybridized carbons (Fsp3) is 0.238. The van der Waals surface area contributed by atoms with Crippen molar-refractivity contribution in [1.82, 2.24) is 9.78 Å². The van der Waals surface area contributed by atoms with Crippen LogP contribution in [0.1, 0.15) is 23.6 Å². The molecule has 0 saturated carbocycles. The van der Waals surface area contributed by atoms with Crippen molar-refractivity contribution < 1.29 is 9.53 Å². The molecule has 134 valence electrons. The molecule has 1 atom stereocenters. The van der Waals surface area contributed by atoms with Crippen molar-refractivity contribution in [1.29, 1.82) is 0 Å². The lowest BCUT2D eigenvalue weighted by Crippen LogP contribution is -2.31. The van der Waals surface area contributed by atoms with Crippen LogP contribution in [-0.4, -0.2) is 21.8 Å². The molecule has 1 heterocycles. The van der Waals surface area contributed by atoms with E-state index in [0.717, 1.165) is 16.7 Å². The summed E-state index contributed by atoms with van der Waals surface area (Å²) in [6.07, 6.45) is 1.06. The van der Waals surface area contributed by atoms with Gasteiger partial charge in [0.2, 0.25) is 0 Å². The molecular weight excluding hydrogens is 326 g/mol. The number of aromatic nitrogens is 2. The van der Waals surface area contributed by atoms with Gasteiger partial charge in [0, 0.05) is 6.07 Å². The van der Waals surface area contributed by atoms with Crippen molar-refractivity contribution in [3.63, 3.8) is 0 Å². The van der Waals surface area contributed by atoms with Gasteiger partial charge < -0.3 is 10.1 Å². The SMILES string of the molecule is Cc1cc(C)cc(O[C@@H](C)C(=O)Nc2ccnn2Cc2ccccc2)c1. The lowest BCUT2D eigenvalue weighted by atomic mass is 10.1. The number of nitrogens with one attached hydrogen (secondary N) is 1. The second-order valence-corrected chi connectivity index (χ2v) is 6.43. The van der Waals surface area contributed by atoms with Crippen LogP contribution < -0.4 is 10.1 Å². The van der Waals surface area contributed by atoms with Gasteiger partial charge in [-0.1, -0.05) is 36.4 Å². The number of carbonyl (C=O) groups is 1. The Morgan fingerprint density at radius 2 is 1.81 bits per heavy atom. The molecule has 26 heavy (non-hydrogen) atoms. The zero-order valence-corrected chi connectivity index (χ0v) is 15.3. The van der Waals surface area contributed by atoms with Gasteiger partial charge in [0.15, 0.2) is 6.10 Å². The number of amides is 1. The highest BCUT2D eigenvalue weighted by molar-refractivity contribution is 5.93. The molecule has 0 spiro atoms. The Kier molecular flexibility index (Phi) is 5.37. The van der Waals surface area contributed by atoms with Gasteiger partial charge in [0.1, 0.15) is 11.6 Å². The van der Waals surface area contributed by atoms with E-state index in [1.54, 1.807) is 23.9 Å². The lowest BCUT2D eigenvalue weighted by Gasteiger charge is -2.16. The zero-order chi connectivity index (χ0) is 18.5. The maximum atomic E-state index is 12.5. The number of anilines is 1. The maximum Gasteiger partial charge on any atom is 0.266 e. The molecule has 2 aromatic carbocycles. The highest BCUT2D eigenvalue weighted by Gasteiger charge is 2.17. The van der Waals surface area contributed by atoms with Gasteiger partial charge in [-0.2, -0.15) is 5.10 Å². The van der Waals surface area contributed by atoms with Crippen LogP contribution in [0.5, 0.6) is 5.75 Å². The van der Waals surface area contributed by atoms with Gasteiger partial charge >= 0.3 is 0 Å². The minimum Gasteiger partial charge on any atom is -0.481 e. The molecule has 1 amide bonds. The van der Waals surface area contributed by atoms with E-state index in [2.05, 4.69) is 16.5 Å². The Balaban J connectivity index is 1.65. The van der Waals surface area contributed by atoms with E-state index in [9.17, 15) is 4.79 Å². The summed E-state index contributed by atoms with van der Waals surface area (Å²) in [7, 11) is 0. The largest absolute Gasteiger partial charge is 0.481 e. The minimum atomic E-state index is -0.615. The van der Waals surface area contributed by atoms with Gasteiger partial charge in [-0.25, -0.2) is 4.68 Å². The summed E-state index contributed by atoms with van der Waals surface area (Å²) < 4.78 is 7.56. The number of benzene rings is 2. The highest BCUT2D eigenvalue weighted by Crippen LogP contribution is 2.18. The molecule has 1 aromatic heterocycles. The molecule has 3 rings (SSSR count). The van der Waals surface area contributed by atoms with E-state index in [1.165, 1.54) is 0 Å². The number of ether oxygens (including phenoxy) is 1. The van der Waals surface area contributed by atoms with Crippen molar-refractivity contribution in [3.8, 4) is 5.75 Å². The number of rotatable bonds is 6. The van der Waals surface area contributed by atoms with Crippen LogP contribution in [0.15, 0.2) is 60.8 Å². The molecule has 0 bridgehead atoms.